The Kier molecular flexibility index (Phi) is 3.43. The van der Waals surface area contributed by atoms with Gasteiger partial charge in [0, 0.05) is 13.1 Å². The third-order valence-corrected chi connectivity index (χ3v) is 1.72. The standard InChI is InChI=1S/C10H13NO2/c1-3-9-4-5-10(11-6-9)7-13-8(2)12/h4-6H,3,7H2,1-2H3. The van der Waals surface area contributed by atoms with Crippen LogP contribution in [0.4, 0.5) is 0 Å². The molecule has 0 aliphatic rings. The van der Waals surface area contributed by atoms with Crippen LogP contribution in [0.1, 0.15) is 25.1 Å². The molecule has 3 nitrogen and oxygen atoms in total. The van der Waals surface area contributed by atoms with E-state index in [9.17, 15) is 4.79 Å². The van der Waals surface area contributed by atoms with E-state index in [1.807, 2.05) is 12.1 Å². The average Bonchev–Trinajstić information content (AvgIpc) is 2.15. The first kappa shape index (κ1) is 9.71. The lowest BCUT2D eigenvalue weighted by Gasteiger charge is -2.01. The molecule has 1 aromatic heterocycles. The Bertz CT molecular complexity index is 279. The Labute approximate surface area is 77.8 Å². The number of aromatic nitrogens is 1. The summed E-state index contributed by atoms with van der Waals surface area (Å²) in [5.41, 5.74) is 1.97. The van der Waals surface area contributed by atoms with Gasteiger partial charge in [-0.15, -0.1) is 0 Å². The van der Waals surface area contributed by atoms with Crippen molar-refractivity contribution >= 4 is 5.97 Å². The molecule has 3 heteroatoms. The molecule has 13 heavy (non-hydrogen) atoms. The van der Waals surface area contributed by atoms with E-state index >= 15 is 0 Å². The molecule has 0 amide bonds. The van der Waals surface area contributed by atoms with Crippen molar-refractivity contribution in [3.63, 3.8) is 0 Å². The molecule has 0 saturated carbocycles. The number of ether oxygens (including phenoxy) is 1. The molecule has 0 fully saturated rings. The quantitative estimate of drug-likeness (QED) is 0.663. The molecule has 0 aromatic carbocycles. The van der Waals surface area contributed by atoms with Crippen molar-refractivity contribution in [2.45, 2.75) is 26.9 Å². The summed E-state index contributed by atoms with van der Waals surface area (Å²) in [4.78, 5) is 14.6. The Morgan fingerprint density at radius 3 is 2.77 bits per heavy atom. The summed E-state index contributed by atoms with van der Waals surface area (Å²) >= 11 is 0. The maximum absolute atomic E-state index is 10.5. The van der Waals surface area contributed by atoms with Crippen LogP contribution in [0.15, 0.2) is 18.3 Å². The lowest BCUT2D eigenvalue weighted by Crippen LogP contribution is -2.00. The first-order chi connectivity index (χ1) is 6.22. The van der Waals surface area contributed by atoms with Crippen LogP contribution < -0.4 is 0 Å². The zero-order valence-electron chi connectivity index (χ0n) is 7.91. The van der Waals surface area contributed by atoms with E-state index in [0.29, 0.717) is 0 Å². The van der Waals surface area contributed by atoms with Gasteiger partial charge >= 0.3 is 5.97 Å². The van der Waals surface area contributed by atoms with Gasteiger partial charge in [-0.3, -0.25) is 9.78 Å². The predicted molar refractivity (Wildman–Crippen MR) is 49.1 cm³/mol. The number of nitrogens with zero attached hydrogens (tertiary/aromatic N) is 1. The van der Waals surface area contributed by atoms with Crippen molar-refractivity contribution in [2.75, 3.05) is 0 Å². The second-order valence-corrected chi connectivity index (χ2v) is 2.79. The summed E-state index contributed by atoms with van der Waals surface area (Å²) in [5.74, 6) is -0.277. The maximum atomic E-state index is 10.5. The molecule has 0 N–H and O–H groups in total. The molecular weight excluding hydrogens is 166 g/mol. The second-order valence-electron chi connectivity index (χ2n) is 2.79. The largest absolute Gasteiger partial charge is 0.459 e. The fourth-order valence-corrected chi connectivity index (χ4v) is 0.925. The van der Waals surface area contributed by atoms with Gasteiger partial charge in [0.2, 0.25) is 0 Å². The summed E-state index contributed by atoms with van der Waals surface area (Å²) in [6.07, 6.45) is 2.78. The molecule has 0 saturated heterocycles. The minimum absolute atomic E-state index is 0.263. The van der Waals surface area contributed by atoms with Crippen LogP contribution in [0.25, 0.3) is 0 Å². The highest BCUT2D eigenvalue weighted by atomic mass is 16.5. The van der Waals surface area contributed by atoms with E-state index < -0.39 is 0 Å². The first-order valence-corrected chi connectivity index (χ1v) is 4.29. The van der Waals surface area contributed by atoms with Crippen LogP contribution in [-0.2, 0) is 22.6 Å². The normalized spacial score (nSPS) is 9.69. The molecule has 70 valence electrons. The highest BCUT2D eigenvalue weighted by molar-refractivity contribution is 5.65. The molecule has 1 heterocycles. The number of hydrogen-bond donors (Lipinski definition) is 0. The molecule has 0 unspecified atom stereocenters. The van der Waals surface area contributed by atoms with Crippen LogP contribution >= 0.6 is 0 Å². The third-order valence-electron chi connectivity index (χ3n) is 1.72. The lowest BCUT2D eigenvalue weighted by molar-refractivity contribution is -0.142. The number of carbonyl (C=O) groups excluding carboxylic acids is 1. The van der Waals surface area contributed by atoms with Crippen LogP contribution in [0, 0.1) is 0 Å². The van der Waals surface area contributed by atoms with Gasteiger partial charge in [-0.1, -0.05) is 13.0 Å². The summed E-state index contributed by atoms with van der Waals surface area (Å²) < 4.78 is 4.80. The van der Waals surface area contributed by atoms with Gasteiger partial charge in [-0.25, -0.2) is 0 Å². The molecule has 0 radical (unpaired) electrons. The summed E-state index contributed by atoms with van der Waals surface area (Å²) in [6.45, 7) is 3.72. The molecule has 1 aromatic rings. The van der Waals surface area contributed by atoms with Crippen LogP contribution in [0.5, 0.6) is 0 Å². The van der Waals surface area contributed by atoms with Crippen LogP contribution in [-0.4, -0.2) is 11.0 Å². The lowest BCUT2D eigenvalue weighted by atomic mass is 10.2. The molecule has 0 spiro atoms. The molecular formula is C10H13NO2. The average molecular weight is 179 g/mol. The van der Waals surface area contributed by atoms with E-state index in [2.05, 4.69) is 11.9 Å². The van der Waals surface area contributed by atoms with Gasteiger partial charge < -0.3 is 4.74 Å². The fourth-order valence-electron chi connectivity index (χ4n) is 0.925. The number of pyridine rings is 1. The van der Waals surface area contributed by atoms with E-state index in [1.165, 1.54) is 12.5 Å². The Hall–Kier alpha value is -1.38. The van der Waals surface area contributed by atoms with Gasteiger partial charge in [0.1, 0.15) is 6.61 Å². The molecule has 0 aliphatic heterocycles. The van der Waals surface area contributed by atoms with Gasteiger partial charge in [-0.05, 0) is 18.1 Å². The van der Waals surface area contributed by atoms with Crippen molar-refractivity contribution in [3.8, 4) is 0 Å². The molecule has 0 bridgehead atoms. The summed E-state index contributed by atoms with van der Waals surface area (Å²) in [5, 5.41) is 0. The monoisotopic (exact) mass is 179 g/mol. The van der Waals surface area contributed by atoms with E-state index in [4.69, 9.17) is 4.74 Å². The second kappa shape index (κ2) is 4.60. The third kappa shape index (κ3) is 3.23. The number of aryl methyl sites for hydroxylation is 1. The fraction of sp³-hybridized carbons (Fsp3) is 0.400. The highest BCUT2D eigenvalue weighted by Crippen LogP contribution is 2.02. The van der Waals surface area contributed by atoms with Gasteiger partial charge in [-0.2, -0.15) is 0 Å². The number of rotatable bonds is 3. The maximum Gasteiger partial charge on any atom is 0.303 e. The van der Waals surface area contributed by atoms with Gasteiger partial charge in [0.25, 0.3) is 0 Å². The van der Waals surface area contributed by atoms with Crippen LogP contribution in [0.3, 0.4) is 0 Å². The smallest absolute Gasteiger partial charge is 0.303 e. The Morgan fingerprint density at radius 1 is 1.54 bits per heavy atom. The van der Waals surface area contributed by atoms with E-state index in [1.54, 1.807) is 6.20 Å². The van der Waals surface area contributed by atoms with Crippen molar-refractivity contribution in [1.29, 1.82) is 0 Å². The van der Waals surface area contributed by atoms with Crippen molar-refractivity contribution in [1.82, 2.24) is 4.98 Å². The Morgan fingerprint density at radius 2 is 2.31 bits per heavy atom. The number of esters is 1. The Balaban J connectivity index is 2.54. The molecule has 1 rings (SSSR count). The summed E-state index contributed by atoms with van der Waals surface area (Å²) in [7, 11) is 0. The van der Waals surface area contributed by atoms with E-state index in [-0.39, 0.29) is 12.6 Å². The SMILES string of the molecule is CCc1ccc(COC(C)=O)nc1. The predicted octanol–water partition coefficient (Wildman–Crippen LogP) is 1.71. The zero-order chi connectivity index (χ0) is 9.68. The topological polar surface area (TPSA) is 39.2 Å². The zero-order valence-corrected chi connectivity index (χ0v) is 7.91. The van der Waals surface area contributed by atoms with Crippen molar-refractivity contribution in [2.24, 2.45) is 0 Å². The minimum atomic E-state index is -0.277. The van der Waals surface area contributed by atoms with Gasteiger partial charge in [0.05, 0.1) is 5.69 Å². The van der Waals surface area contributed by atoms with Crippen molar-refractivity contribution in [3.05, 3.63) is 29.6 Å². The minimum Gasteiger partial charge on any atom is -0.459 e. The molecule has 0 atom stereocenters. The molecule has 0 aliphatic carbocycles. The highest BCUT2D eigenvalue weighted by Gasteiger charge is 1.97. The van der Waals surface area contributed by atoms with Gasteiger partial charge in [0.15, 0.2) is 0 Å². The number of hydrogen-bond acceptors (Lipinski definition) is 3. The first-order valence-electron chi connectivity index (χ1n) is 4.29. The van der Waals surface area contributed by atoms with Crippen LogP contribution in [0.2, 0.25) is 0 Å². The number of carbonyl (C=O) groups is 1. The van der Waals surface area contributed by atoms with Crippen molar-refractivity contribution < 1.29 is 9.53 Å². The van der Waals surface area contributed by atoms with E-state index in [0.717, 1.165) is 12.1 Å². The summed E-state index contributed by atoms with van der Waals surface area (Å²) in [6, 6.07) is 3.87.